The number of hydrogen-bond donors (Lipinski definition) is 0. The van der Waals surface area contributed by atoms with Crippen LogP contribution < -0.4 is 0 Å². The standard InChI is InChI=1S/C19H14BrN3O/c1-22-18(24)10-13-17-9-11-8-12(20)6-7-15(11)23(17)16-5-3-2-4-14(16)21-19(13)22/h2-9,13H,10H2,1H3. The van der Waals surface area contributed by atoms with E-state index in [-0.39, 0.29) is 11.8 Å². The predicted octanol–water partition coefficient (Wildman–Crippen LogP) is 4.38. The van der Waals surface area contributed by atoms with E-state index in [1.54, 1.807) is 4.90 Å². The Morgan fingerprint density at radius 3 is 2.88 bits per heavy atom. The van der Waals surface area contributed by atoms with Gasteiger partial charge in [-0.25, -0.2) is 4.99 Å². The lowest BCUT2D eigenvalue weighted by atomic mass is 10.0. The molecule has 0 spiro atoms. The molecule has 3 heterocycles. The first-order valence-electron chi connectivity index (χ1n) is 7.89. The molecule has 1 saturated heterocycles. The van der Waals surface area contributed by atoms with Crippen molar-refractivity contribution in [1.82, 2.24) is 9.47 Å². The Kier molecular flexibility index (Phi) is 2.80. The van der Waals surface area contributed by atoms with Crippen molar-refractivity contribution in [1.29, 1.82) is 0 Å². The van der Waals surface area contributed by atoms with E-state index in [0.717, 1.165) is 38.3 Å². The zero-order valence-electron chi connectivity index (χ0n) is 13.0. The molecule has 4 nitrogen and oxygen atoms in total. The third-order valence-electron chi connectivity index (χ3n) is 4.91. The van der Waals surface area contributed by atoms with Gasteiger partial charge in [0, 0.05) is 29.0 Å². The quantitative estimate of drug-likeness (QED) is 0.570. The van der Waals surface area contributed by atoms with Crippen LogP contribution in [0.1, 0.15) is 18.0 Å². The molecule has 0 bridgehead atoms. The Bertz CT molecular complexity index is 1050. The van der Waals surface area contributed by atoms with Crippen LogP contribution >= 0.6 is 15.9 Å². The van der Waals surface area contributed by atoms with Crippen LogP contribution in [0.25, 0.3) is 16.6 Å². The molecule has 2 aliphatic heterocycles. The van der Waals surface area contributed by atoms with Gasteiger partial charge in [0.25, 0.3) is 0 Å². The number of rotatable bonds is 0. The lowest BCUT2D eigenvalue weighted by Gasteiger charge is -2.13. The van der Waals surface area contributed by atoms with Crippen molar-refractivity contribution in [3.05, 3.63) is 58.7 Å². The molecule has 2 aliphatic rings. The second-order valence-corrected chi connectivity index (χ2v) is 7.19. The van der Waals surface area contributed by atoms with E-state index >= 15 is 0 Å². The minimum absolute atomic E-state index is 0.000996. The second-order valence-electron chi connectivity index (χ2n) is 6.28. The Balaban J connectivity index is 1.91. The average molecular weight is 380 g/mol. The highest BCUT2D eigenvalue weighted by atomic mass is 79.9. The lowest BCUT2D eigenvalue weighted by Crippen LogP contribution is -2.25. The molecule has 0 saturated carbocycles. The number of amidine groups is 1. The summed E-state index contributed by atoms with van der Waals surface area (Å²) >= 11 is 3.55. The van der Waals surface area contributed by atoms with Crippen molar-refractivity contribution in [3.63, 3.8) is 0 Å². The zero-order chi connectivity index (χ0) is 16.4. The molecule has 5 rings (SSSR count). The summed E-state index contributed by atoms with van der Waals surface area (Å²) in [6, 6.07) is 16.6. The number of likely N-dealkylation sites (tertiary alicyclic amines) is 1. The van der Waals surface area contributed by atoms with Crippen LogP contribution in [-0.4, -0.2) is 28.3 Å². The van der Waals surface area contributed by atoms with Crippen LogP contribution in [0.5, 0.6) is 0 Å². The molecule has 1 unspecified atom stereocenters. The minimum atomic E-state index is 0.000996. The molecule has 0 aliphatic carbocycles. The van der Waals surface area contributed by atoms with Gasteiger partial charge in [-0.2, -0.15) is 0 Å². The fourth-order valence-electron chi connectivity index (χ4n) is 3.76. The van der Waals surface area contributed by atoms with Gasteiger partial charge in [0.15, 0.2) is 0 Å². The fraction of sp³-hybridized carbons (Fsp3) is 0.158. The molecule has 0 radical (unpaired) electrons. The molecule has 118 valence electrons. The van der Waals surface area contributed by atoms with Gasteiger partial charge in [-0.3, -0.25) is 4.79 Å². The minimum Gasteiger partial charge on any atom is -0.311 e. The summed E-state index contributed by atoms with van der Waals surface area (Å²) in [4.78, 5) is 18.8. The molecule has 1 fully saturated rings. The number of carbonyl (C=O) groups is 1. The van der Waals surface area contributed by atoms with E-state index in [4.69, 9.17) is 4.99 Å². The van der Waals surface area contributed by atoms with E-state index in [1.165, 1.54) is 0 Å². The van der Waals surface area contributed by atoms with Crippen LogP contribution in [0.3, 0.4) is 0 Å². The first-order chi connectivity index (χ1) is 11.6. The summed E-state index contributed by atoms with van der Waals surface area (Å²) in [7, 11) is 1.82. The second kappa shape index (κ2) is 4.80. The molecule has 1 aromatic heterocycles. The van der Waals surface area contributed by atoms with Crippen LogP contribution in [-0.2, 0) is 4.79 Å². The van der Waals surface area contributed by atoms with Gasteiger partial charge in [-0.15, -0.1) is 0 Å². The van der Waals surface area contributed by atoms with Gasteiger partial charge in [-0.1, -0.05) is 28.1 Å². The Hall–Kier alpha value is -2.40. The first-order valence-corrected chi connectivity index (χ1v) is 8.68. The predicted molar refractivity (Wildman–Crippen MR) is 98.2 cm³/mol. The van der Waals surface area contributed by atoms with Crippen LogP contribution in [0.15, 0.2) is 58.0 Å². The van der Waals surface area contributed by atoms with Gasteiger partial charge >= 0.3 is 0 Å². The number of nitrogens with zero attached hydrogens (tertiary/aromatic N) is 3. The van der Waals surface area contributed by atoms with Crippen molar-refractivity contribution in [2.45, 2.75) is 12.3 Å². The average Bonchev–Trinajstić information content (AvgIpc) is 3.03. The molecule has 2 aromatic carbocycles. The van der Waals surface area contributed by atoms with E-state index in [1.807, 2.05) is 25.2 Å². The number of aromatic nitrogens is 1. The van der Waals surface area contributed by atoms with Gasteiger partial charge in [0.2, 0.25) is 5.91 Å². The maximum Gasteiger partial charge on any atom is 0.228 e. The summed E-state index contributed by atoms with van der Waals surface area (Å²) < 4.78 is 3.31. The number of para-hydroxylation sites is 2. The molecular formula is C19H14BrN3O. The van der Waals surface area contributed by atoms with Gasteiger partial charge in [0.05, 0.1) is 22.8 Å². The smallest absolute Gasteiger partial charge is 0.228 e. The van der Waals surface area contributed by atoms with Gasteiger partial charge in [0.1, 0.15) is 5.84 Å². The number of halogens is 1. The van der Waals surface area contributed by atoms with Gasteiger partial charge < -0.3 is 9.47 Å². The maximum absolute atomic E-state index is 12.3. The molecule has 3 aromatic rings. The maximum atomic E-state index is 12.3. The van der Waals surface area contributed by atoms with Crippen molar-refractivity contribution >= 4 is 44.3 Å². The van der Waals surface area contributed by atoms with Gasteiger partial charge in [-0.05, 0) is 36.4 Å². The third-order valence-corrected chi connectivity index (χ3v) is 5.41. The van der Waals surface area contributed by atoms with E-state index < -0.39 is 0 Å². The Labute approximate surface area is 147 Å². The fourth-order valence-corrected chi connectivity index (χ4v) is 4.14. The zero-order valence-corrected chi connectivity index (χ0v) is 14.6. The number of hydrogen-bond acceptors (Lipinski definition) is 2. The molecule has 1 amide bonds. The number of carbonyl (C=O) groups excluding carboxylic acids is 1. The highest BCUT2D eigenvalue weighted by Crippen LogP contribution is 2.42. The summed E-state index contributed by atoms with van der Waals surface area (Å²) in [5.74, 6) is 0.963. The lowest BCUT2D eigenvalue weighted by molar-refractivity contribution is -0.124. The SMILES string of the molecule is CN1C(=O)CC2C1=Nc1ccccc1-n1c2cc2cc(Br)ccc21. The Morgan fingerprint density at radius 2 is 2.00 bits per heavy atom. The van der Waals surface area contributed by atoms with E-state index in [9.17, 15) is 4.79 Å². The third kappa shape index (κ3) is 1.79. The normalized spacial score (nSPS) is 18.9. The van der Waals surface area contributed by atoms with Crippen LogP contribution in [0.4, 0.5) is 5.69 Å². The highest BCUT2D eigenvalue weighted by molar-refractivity contribution is 9.10. The summed E-state index contributed by atoms with van der Waals surface area (Å²) in [5.41, 5.74) is 4.23. The van der Waals surface area contributed by atoms with Crippen molar-refractivity contribution in [3.8, 4) is 5.69 Å². The monoisotopic (exact) mass is 379 g/mol. The Morgan fingerprint density at radius 1 is 1.17 bits per heavy atom. The highest BCUT2D eigenvalue weighted by Gasteiger charge is 2.39. The summed E-state index contributed by atoms with van der Waals surface area (Å²) in [5, 5.41) is 1.16. The molecule has 5 heteroatoms. The number of amides is 1. The molecule has 0 N–H and O–H groups in total. The summed E-state index contributed by atoms with van der Waals surface area (Å²) in [6.45, 7) is 0. The van der Waals surface area contributed by atoms with Crippen LogP contribution in [0.2, 0.25) is 0 Å². The van der Waals surface area contributed by atoms with E-state index in [2.05, 4.69) is 50.8 Å². The van der Waals surface area contributed by atoms with Crippen molar-refractivity contribution in [2.75, 3.05) is 7.05 Å². The largest absolute Gasteiger partial charge is 0.311 e. The molecular weight excluding hydrogens is 366 g/mol. The van der Waals surface area contributed by atoms with Crippen molar-refractivity contribution in [2.24, 2.45) is 4.99 Å². The molecule has 1 atom stereocenters. The number of benzene rings is 2. The summed E-state index contributed by atoms with van der Waals surface area (Å²) in [6.07, 6.45) is 0.473. The van der Waals surface area contributed by atoms with Crippen LogP contribution in [0, 0.1) is 0 Å². The van der Waals surface area contributed by atoms with E-state index in [0.29, 0.717) is 6.42 Å². The first kappa shape index (κ1) is 14.0. The number of likely N-dealkylation sites (N-methyl/N-ethyl adjacent to an activating group) is 1. The number of aliphatic imine (C=N–C) groups is 1. The number of fused-ring (bicyclic) bond motifs is 7. The topological polar surface area (TPSA) is 37.6 Å². The molecule has 24 heavy (non-hydrogen) atoms. The van der Waals surface area contributed by atoms with Crippen molar-refractivity contribution < 1.29 is 4.79 Å².